The lowest BCUT2D eigenvalue weighted by atomic mass is 10.1. The number of halogens is 1. The van der Waals surface area contributed by atoms with Crippen LogP contribution in [0.4, 0.5) is 11.8 Å². The number of fused-ring (bicyclic) bond motifs is 1. The third-order valence-corrected chi connectivity index (χ3v) is 5.06. The summed E-state index contributed by atoms with van der Waals surface area (Å²) in [6.45, 7) is 5.24. The Labute approximate surface area is 158 Å². The van der Waals surface area contributed by atoms with E-state index >= 15 is 0 Å². The van der Waals surface area contributed by atoms with Gasteiger partial charge >= 0.3 is 0 Å². The first-order chi connectivity index (χ1) is 12.5. The Morgan fingerprint density at radius 2 is 2.19 bits per heavy atom. The molecule has 8 heteroatoms. The highest BCUT2D eigenvalue weighted by molar-refractivity contribution is 6.30. The molecule has 1 aliphatic rings. The molecule has 0 saturated carbocycles. The van der Waals surface area contributed by atoms with E-state index in [2.05, 4.69) is 21.9 Å². The molecule has 3 N–H and O–H groups in total. The highest BCUT2D eigenvalue weighted by atomic mass is 35.5. The van der Waals surface area contributed by atoms with Crippen molar-refractivity contribution in [1.82, 2.24) is 15.0 Å². The second-order valence-electron chi connectivity index (χ2n) is 6.51. The number of rotatable bonds is 6. The van der Waals surface area contributed by atoms with Gasteiger partial charge in [0.2, 0.25) is 5.95 Å². The van der Waals surface area contributed by atoms with Gasteiger partial charge in [0.1, 0.15) is 16.7 Å². The summed E-state index contributed by atoms with van der Waals surface area (Å²) in [4.78, 5) is 15.1. The average Bonchev–Trinajstić information content (AvgIpc) is 2.95. The van der Waals surface area contributed by atoms with E-state index < -0.39 is 0 Å². The predicted octanol–water partition coefficient (Wildman–Crippen LogP) is 2.47. The molecule has 0 amide bonds. The van der Waals surface area contributed by atoms with E-state index in [1.807, 2.05) is 18.0 Å². The van der Waals surface area contributed by atoms with Crippen molar-refractivity contribution in [2.45, 2.75) is 39.2 Å². The Morgan fingerprint density at radius 1 is 1.42 bits per heavy atom. The Balaban J connectivity index is 1.96. The highest BCUT2D eigenvalue weighted by Crippen LogP contribution is 2.40. The van der Waals surface area contributed by atoms with Crippen molar-refractivity contribution in [2.24, 2.45) is 0 Å². The van der Waals surface area contributed by atoms with Gasteiger partial charge in [-0.2, -0.15) is 4.98 Å². The number of methoxy groups -OCH3 is 1. The molecule has 1 atom stereocenters. The van der Waals surface area contributed by atoms with Gasteiger partial charge in [0, 0.05) is 35.3 Å². The number of aliphatic hydroxyl groups excluding tert-OH is 1. The first-order valence-electron chi connectivity index (χ1n) is 8.70. The topological polar surface area (TPSA) is 97.4 Å². The van der Waals surface area contributed by atoms with E-state index in [4.69, 9.17) is 22.1 Å². The minimum atomic E-state index is -0.139. The molecule has 140 valence electrons. The normalized spacial score (nSPS) is 16.0. The number of aliphatic hydroxyl groups is 1. The number of aryl methyl sites for hydroxylation is 1. The van der Waals surface area contributed by atoms with Crippen LogP contribution in [0.5, 0.6) is 5.75 Å². The molecule has 0 aliphatic carbocycles. The summed E-state index contributed by atoms with van der Waals surface area (Å²) in [6.07, 6.45) is 3.84. The maximum absolute atomic E-state index is 9.71. The zero-order valence-electron chi connectivity index (χ0n) is 15.3. The Kier molecular flexibility index (Phi) is 5.48. The zero-order chi connectivity index (χ0) is 18.8. The minimum absolute atomic E-state index is 0.0261. The third kappa shape index (κ3) is 3.29. The molecule has 3 rings (SSSR count). The monoisotopic (exact) mass is 377 g/mol. The first-order valence-corrected chi connectivity index (χ1v) is 9.07. The lowest BCUT2D eigenvalue weighted by Gasteiger charge is -2.21. The van der Waals surface area contributed by atoms with Crippen LogP contribution in [0, 0.1) is 6.92 Å². The van der Waals surface area contributed by atoms with E-state index in [1.165, 1.54) is 0 Å². The maximum atomic E-state index is 9.71. The fraction of sp³-hybridized carbons (Fsp3) is 0.500. The van der Waals surface area contributed by atoms with Crippen LogP contribution in [-0.2, 0) is 13.0 Å². The van der Waals surface area contributed by atoms with Crippen molar-refractivity contribution in [1.29, 1.82) is 0 Å². The second kappa shape index (κ2) is 7.63. The summed E-state index contributed by atoms with van der Waals surface area (Å²) in [6, 6.07) is 0. The standard InChI is InChI=1S/C18H24ClN5O2/c1-4-5-11-6-21-13(10(2)15(11)26-3)8-24-7-12(9-25)14-16(19)22-18(20)23-17(14)24/h6,12,25H,4-5,7-9H2,1-3H3,(H2,20,22,23). The summed E-state index contributed by atoms with van der Waals surface area (Å²) < 4.78 is 5.62. The molecule has 0 aromatic carbocycles. The van der Waals surface area contributed by atoms with Crippen molar-refractivity contribution >= 4 is 23.4 Å². The number of anilines is 2. The van der Waals surface area contributed by atoms with Gasteiger partial charge in [0.15, 0.2) is 0 Å². The van der Waals surface area contributed by atoms with Gasteiger partial charge in [0.05, 0.1) is 26.0 Å². The van der Waals surface area contributed by atoms with Gasteiger partial charge in [-0.1, -0.05) is 24.9 Å². The number of nitrogens with two attached hydrogens (primary N) is 1. The van der Waals surface area contributed by atoms with Crippen molar-refractivity contribution in [3.63, 3.8) is 0 Å². The van der Waals surface area contributed by atoms with Gasteiger partial charge in [0.25, 0.3) is 0 Å². The van der Waals surface area contributed by atoms with Gasteiger partial charge < -0.3 is 20.5 Å². The van der Waals surface area contributed by atoms with E-state index in [-0.39, 0.29) is 18.5 Å². The lowest BCUT2D eigenvalue weighted by molar-refractivity contribution is 0.270. The summed E-state index contributed by atoms with van der Waals surface area (Å²) in [5.41, 5.74) is 9.55. The summed E-state index contributed by atoms with van der Waals surface area (Å²) >= 11 is 6.25. The largest absolute Gasteiger partial charge is 0.496 e. The molecule has 1 unspecified atom stereocenters. The van der Waals surface area contributed by atoms with E-state index in [0.29, 0.717) is 24.1 Å². The van der Waals surface area contributed by atoms with Crippen LogP contribution < -0.4 is 15.4 Å². The van der Waals surface area contributed by atoms with E-state index in [9.17, 15) is 5.11 Å². The Hall–Kier alpha value is -2.12. The predicted molar refractivity (Wildman–Crippen MR) is 102 cm³/mol. The van der Waals surface area contributed by atoms with Gasteiger partial charge in [-0.05, 0) is 13.3 Å². The third-order valence-electron chi connectivity index (χ3n) is 4.77. The molecule has 0 bridgehead atoms. The summed E-state index contributed by atoms with van der Waals surface area (Å²) in [5, 5.41) is 10.0. The van der Waals surface area contributed by atoms with Gasteiger partial charge in [-0.3, -0.25) is 4.98 Å². The van der Waals surface area contributed by atoms with Crippen LogP contribution in [0.3, 0.4) is 0 Å². The summed E-state index contributed by atoms with van der Waals surface area (Å²) in [5.74, 6) is 1.53. The summed E-state index contributed by atoms with van der Waals surface area (Å²) in [7, 11) is 1.69. The minimum Gasteiger partial charge on any atom is -0.496 e. The van der Waals surface area contributed by atoms with Gasteiger partial charge in [-0.25, -0.2) is 4.98 Å². The fourth-order valence-electron chi connectivity index (χ4n) is 3.53. The van der Waals surface area contributed by atoms with Crippen molar-refractivity contribution < 1.29 is 9.84 Å². The smallest absolute Gasteiger partial charge is 0.223 e. The molecule has 26 heavy (non-hydrogen) atoms. The molecular weight excluding hydrogens is 354 g/mol. The number of nitrogen functional groups attached to an aromatic ring is 1. The second-order valence-corrected chi connectivity index (χ2v) is 6.87. The van der Waals surface area contributed by atoms with Crippen molar-refractivity contribution in [2.75, 3.05) is 30.9 Å². The fourth-order valence-corrected chi connectivity index (χ4v) is 3.85. The van der Waals surface area contributed by atoms with Crippen LogP contribution in [0.25, 0.3) is 0 Å². The molecular formula is C18H24ClN5O2. The number of hydrogen-bond acceptors (Lipinski definition) is 7. The van der Waals surface area contributed by atoms with Crippen LogP contribution in [0.15, 0.2) is 6.20 Å². The zero-order valence-corrected chi connectivity index (χ0v) is 16.0. The van der Waals surface area contributed by atoms with Crippen LogP contribution in [0.1, 0.15) is 41.6 Å². The molecule has 0 fully saturated rings. The molecule has 2 aromatic heterocycles. The quantitative estimate of drug-likeness (QED) is 0.746. The van der Waals surface area contributed by atoms with Crippen molar-refractivity contribution in [3.05, 3.63) is 33.7 Å². The van der Waals surface area contributed by atoms with Crippen LogP contribution in [-0.4, -0.2) is 40.3 Å². The van der Waals surface area contributed by atoms with Gasteiger partial charge in [-0.15, -0.1) is 0 Å². The van der Waals surface area contributed by atoms with Crippen LogP contribution >= 0.6 is 11.6 Å². The first kappa shape index (κ1) is 18.7. The van der Waals surface area contributed by atoms with Crippen LogP contribution in [0.2, 0.25) is 5.15 Å². The molecule has 0 radical (unpaired) electrons. The molecule has 0 saturated heterocycles. The number of pyridine rings is 1. The Bertz CT molecular complexity index is 815. The molecule has 2 aromatic rings. The number of nitrogens with zero attached hydrogens (tertiary/aromatic N) is 4. The Morgan fingerprint density at radius 3 is 2.85 bits per heavy atom. The number of aromatic nitrogens is 3. The average molecular weight is 378 g/mol. The van der Waals surface area contributed by atoms with E-state index in [1.54, 1.807) is 7.11 Å². The number of ether oxygens (including phenoxy) is 1. The molecule has 3 heterocycles. The SMILES string of the molecule is CCCc1cnc(CN2CC(CO)c3c(Cl)nc(N)nc32)c(C)c1OC. The number of hydrogen-bond donors (Lipinski definition) is 2. The highest BCUT2D eigenvalue weighted by Gasteiger charge is 2.33. The maximum Gasteiger partial charge on any atom is 0.223 e. The van der Waals surface area contributed by atoms with Crippen molar-refractivity contribution in [3.8, 4) is 5.75 Å². The molecule has 7 nitrogen and oxygen atoms in total. The molecule has 1 aliphatic heterocycles. The lowest BCUT2D eigenvalue weighted by Crippen LogP contribution is -2.24. The van der Waals surface area contributed by atoms with E-state index in [0.717, 1.165) is 41.0 Å². The molecule has 0 spiro atoms.